The van der Waals surface area contributed by atoms with Crippen LogP contribution >= 0.6 is 0 Å². The number of aliphatic hydroxyl groups is 1. The third kappa shape index (κ3) is 1.82. The molecule has 1 aliphatic carbocycles. The Labute approximate surface area is 96.9 Å². The molecule has 0 amide bonds. The molecular weight excluding hydrogens is 200 g/mol. The highest BCUT2D eigenvalue weighted by Crippen LogP contribution is 2.48. The zero-order valence-electron chi connectivity index (χ0n) is 10.5. The van der Waals surface area contributed by atoms with E-state index in [1.54, 1.807) is 6.07 Å². The first-order chi connectivity index (χ1) is 7.24. The second kappa shape index (κ2) is 3.24. The summed E-state index contributed by atoms with van der Waals surface area (Å²) in [6.07, 6.45) is 1.67. The highest BCUT2D eigenvalue weighted by molar-refractivity contribution is 5.48. The van der Waals surface area contributed by atoms with E-state index >= 15 is 0 Å². The maximum atomic E-state index is 10.2. The van der Waals surface area contributed by atoms with E-state index in [0.29, 0.717) is 5.75 Å². The van der Waals surface area contributed by atoms with E-state index in [4.69, 9.17) is 0 Å². The standard InChI is InChI=1S/C14H20O2/c1-9-7-12(15)11(13(2,3)4)8-10(9)14(16)5-6-14/h7-8,15-16H,5-6H2,1-4H3. The van der Waals surface area contributed by atoms with Crippen LogP contribution in [0.5, 0.6) is 5.75 Å². The third-order valence-corrected chi connectivity index (χ3v) is 3.38. The minimum Gasteiger partial charge on any atom is -0.508 e. The summed E-state index contributed by atoms with van der Waals surface area (Å²) >= 11 is 0. The molecule has 0 radical (unpaired) electrons. The topological polar surface area (TPSA) is 40.5 Å². The molecule has 16 heavy (non-hydrogen) atoms. The summed E-state index contributed by atoms with van der Waals surface area (Å²) in [5.74, 6) is 0.331. The number of aromatic hydroxyl groups is 1. The molecule has 1 aromatic carbocycles. The molecule has 1 aromatic rings. The minimum atomic E-state index is -0.627. The monoisotopic (exact) mass is 220 g/mol. The van der Waals surface area contributed by atoms with Crippen LogP contribution in [-0.4, -0.2) is 10.2 Å². The molecule has 1 fully saturated rings. The van der Waals surface area contributed by atoms with Gasteiger partial charge in [-0.3, -0.25) is 0 Å². The SMILES string of the molecule is Cc1cc(O)c(C(C)(C)C)cc1C1(O)CC1. The summed E-state index contributed by atoms with van der Waals surface area (Å²) in [5.41, 5.74) is 2.14. The molecule has 0 saturated heterocycles. The average Bonchev–Trinajstić information content (AvgIpc) is 2.81. The van der Waals surface area contributed by atoms with Crippen LogP contribution in [0.15, 0.2) is 12.1 Å². The van der Waals surface area contributed by atoms with Crippen LogP contribution in [0.4, 0.5) is 0 Å². The molecule has 0 aromatic heterocycles. The van der Waals surface area contributed by atoms with Gasteiger partial charge in [0.2, 0.25) is 0 Å². The first-order valence-corrected chi connectivity index (χ1v) is 5.81. The molecular formula is C14H20O2. The Kier molecular flexibility index (Phi) is 2.32. The van der Waals surface area contributed by atoms with Crippen LogP contribution in [0.1, 0.15) is 50.3 Å². The smallest absolute Gasteiger partial charge is 0.119 e. The third-order valence-electron chi connectivity index (χ3n) is 3.38. The number of aryl methyl sites for hydroxylation is 1. The lowest BCUT2D eigenvalue weighted by Gasteiger charge is -2.23. The van der Waals surface area contributed by atoms with Gasteiger partial charge in [0.15, 0.2) is 0 Å². The van der Waals surface area contributed by atoms with E-state index in [0.717, 1.165) is 29.5 Å². The predicted molar refractivity (Wildman–Crippen MR) is 64.7 cm³/mol. The quantitative estimate of drug-likeness (QED) is 0.764. The Morgan fingerprint density at radius 2 is 1.75 bits per heavy atom. The number of rotatable bonds is 1. The van der Waals surface area contributed by atoms with Crippen LogP contribution < -0.4 is 0 Å². The van der Waals surface area contributed by atoms with Crippen molar-refractivity contribution in [1.29, 1.82) is 0 Å². The van der Waals surface area contributed by atoms with Crippen molar-refractivity contribution in [3.63, 3.8) is 0 Å². The van der Waals surface area contributed by atoms with Gasteiger partial charge >= 0.3 is 0 Å². The van der Waals surface area contributed by atoms with Crippen LogP contribution in [-0.2, 0) is 11.0 Å². The lowest BCUT2D eigenvalue weighted by molar-refractivity contribution is 0.150. The molecule has 0 atom stereocenters. The molecule has 2 heteroatoms. The van der Waals surface area contributed by atoms with Gasteiger partial charge in [-0.25, -0.2) is 0 Å². The fourth-order valence-electron chi connectivity index (χ4n) is 2.18. The molecule has 2 N–H and O–H groups in total. The highest BCUT2D eigenvalue weighted by Gasteiger charge is 2.43. The summed E-state index contributed by atoms with van der Waals surface area (Å²) in [5, 5.41) is 20.1. The summed E-state index contributed by atoms with van der Waals surface area (Å²) in [6, 6.07) is 3.74. The Balaban J connectivity index is 2.56. The van der Waals surface area contributed by atoms with Crippen LogP contribution in [0.3, 0.4) is 0 Å². The lowest BCUT2D eigenvalue weighted by Crippen LogP contribution is -2.15. The molecule has 0 heterocycles. The van der Waals surface area contributed by atoms with E-state index in [1.807, 2.05) is 13.0 Å². The van der Waals surface area contributed by atoms with Crippen molar-refractivity contribution in [2.24, 2.45) is 0 Å². The van der Waals surface area contributed by atoms with Gasteiger partial charge in [-0.2, -0.15) is 0 Å². The van der Waals surface area contributed by atoms with Crippen molar-refractivity contribution >= 4 is 0 Å². The fraction of sp³-hybridized carbons (Fsp3) is 0.571. The van der Waals surface area contributed by atoms with Gasteiger partial charge in [0, 0.05) is 0 Å². The van der Waals surface area contributed by atoms with E-state index in [9.17, 15) is 10.2 Å². The van der Waals surface area contributed by atoms with Crippen LogP contribution in [0.2, 0.25) is 0 Å². The molecule has 0 spiro atoms. The summed E-state index contributed by atoms with van der Waals surface area (Å²) in [7, 11) is 0. The summed E-state index contributed by atoms with van der Waals surface area (Å²) in [6.45, 7) is 8.14. The molecule has 0 aliphatic heterocycles. The van der Waals surface area contributed by atoms with Gasteiger partial charge in [-0.1, -0.05) is 20.8 Å². The Bertz CT molecular complexity index is 397. The van der Waals surface area contributed by atoms with Gasteiger partial charge in [0.05, 0.1) is 5.60 Å². The summed E-state index contributed by atoms with van der Waals surface area (Å²) < 4.78 is 0. The molecule has 88 valence electrons. The first-order valence-electron chi connectivity index (χ1n) is 5.81. The number of benzene rings is 1. The van der Waals surface area contributed by atoms with Gasteiger partial charge in [-0.15, -0.1) is 0 Å². The zero-order valence-corrected chi connectivity index (χ0v) is 10.5. The maximum Gasteiger partial charge on any atom is 0.119 e. The number of phenols is 1. The van der Waals surface area contributed by atoms with Crippen LogP contribution in [0, 0.1) is 6.92 Å². The van der Waals surface area contributed by atoms with Crippen molar-refractivity contribution in [1.82, 2.24) is 0 Å². The highest BCUT2D eigenvalue weighted by atomic mass is 16.3. The summed E-state index contributed by atoms with van der Waals surface area (Å²) in [4.78, 5) is 0. The van der Waals surface area contributed by atoms with Gasteiger partial charge in [0.1, 0.15) is 5.75 Å². The molecule has 0 unspecified atom stereocenters. The number of hydrogen-bond acceptors (Lipinski definition) is 2. The average molecular weight is 220 g/mol. The van der Waals surface area contributed by atoms with Crippen molar-refractivity contribution < 1.29 is 10.2 Å². The second-order valence-electron chi connectivity index (χ2n) is 5.97. The van der Waals surface area contributed by atoms with Crippen molar-refractivity contribution in [2.45, 2.75) is 51.6 Å². The number of phenolic OH excluding ortho intramolecular Hbond substituents is 1. The van der Waals surface area contributed by atoms with Crippen molar-refractivity contribution in [2.75, 3.05) is 0 Å². The number of hydrogen-bond donors (Lipinski definition) is 2. The zero-order chi connectivity index (χ0) is 12.1. The van der Waals surface area contributed by atoms with E-state index in [2.05, 4.69) is 20.8 Å². The second-order valence-corrected chi connectivity index (χ2v) is 5.97. The van der Waals surface area contributed by atoms with E-state index in [-0.39, 0.29) is 5.41 Å². The molecule has 2 rings (SSSR count). The van der Waals surface area contributed by atoms with Crippen LogP contribution in [0.25, 0.3) is 0 Å². The van der Waals surface area contributed by atoms with Gasteiger partial charge in [-0.05, 0) is 54.0 Å². The Morgan fingerprint density at radius 1 is 1.19 bits per heavy atom. The minimum absolute atomic E-state index is 0.0994. The van der Waals surface area contributed by atoms with Crippen molar-refractivity contribution in [3.05, 3.63) is 28.8 Å². The van der Waals surface area contributed by atoms with Gasteiger partial charge < -0.3 is 10.2 Å². The van der Waals surface area contributed by atoms with Crippen molar-refractivity contribution in [3.8, 4) is 5.75 Å². The maximum absolute atomic E-state index is 10.2. The molecule has 1 saturated carbocycles. The predicted octanol–water partition coefficient (Wildman–Crippen LogP) is 2.98. The molecule has 2 nitrogen and oxygen atoms in total. The first kappa shape index (κ1) is 11.5. The normalized spacial score (nSPS) is 18.6. The van der Waals surface area contributed by atoms with Gasteiger partial charge in [0.25, 0.3) is 0 Å². The molecule has 0 bridgehead atoms. The lowest BCUT2D eigenvalue weighted by atomic mass is 9.83. The van der Waals surface area contributed by atoms with E-state index < -0.39 is 5.60 Å². The Morgan fingerprint density at radius 3 is 2.19 bits per heavy atom. The largest absolute Gasteiger partial charge is 0.508 e. The fourth-order valence-corrected chi connectivity index (χ4v) is 2.18. The van der Waals surface area contributed by atoms with E-state index in [1.165, 1.54) is 0 Å². The Hall–Kier alpha value is -1.02. The molecule has 1 aliphatic rings.